The fraction of sp³-hybridized carbons (Fsp3) is 0.864. The van der Waals surface area contributed by atoms with Gasteiger partial charge in [-0.25, -0.2) is 0 Å². The Labute approximate surface area is 319 Å². The van der Waals surface area contributed by atoms with Gasteiger partial charge in [-0.1, -0.05) is 192 Å². The van der Waals surface area contributed by atoms with Crippen molar-refractivity contribution in [1.29, 1.82) is 0 Å². The third-order valence-corrected chi connectivity index (χ3v) is 9.30. The number of aliphatic carboxylic acids is 2. The van der Waals surface area contributed by atoms with E-state index in [0.29, 0.717) is 12.8 Å². The van der Waals surface area contributed by atoms with Crippen LogP contribution in [-0.4, -0.2) is 22.2 Å². The maximum Gasteiger partial charge on any atom is 0.303 e. The molecule has 0 aromatic rings. The van der Waals surface area contributed by atoms with Crippen molar-refractivity contribution in [3.63, 3.8) is 0 Å². The number of rotatable bonds is 38. The predicted octanol–water partition coefficient (Wildman–Crippen LogP) is 15.3. The predicted molar refractivity (Wildman–Crippen MR) is 211 cm³/mol. The van der Waals surface area contributed by atoms with E-state index in [2.05, 4.69) is 38.2 Å². The number of allylic oxidation sites excluding steroid dienone is 4. The SMILES string of the molecule is CCCCCCCC/C=C/CCCCCCCCCCCC(=O)O.CCCCCCCC/C=C/CCCCCCCCCCCC(=O)O.[Zn]. The van der Waals surface area contributed by atoms with Crippen LogP contribution in [0.5, 0.6) is 0 Å². The monoisotopic (exact) mass is 741 g/mol. The molecule has 0 aliphatic heterocycles. The van der Waals surface area contributed by atoms with E-state index in [1.165, 1.54) is 193 Å². The van der Waals surface area contributed by atoms with Crippen LogP contribution in [0.4, 0.5) is 0 Å². The molecule has 0 fully saturated rings. The molecule has 0 rings (SSSR count). The number of hydrogen-bond acceptors (Lipinski definition) is 2. The van der Waals surface area contributed by atoms with Crippen LogP contribution >= 0.6 is 0 Å². The molecule has 0 heterocycles. The summed E-state index contributed by atoms with van der Waals surface area (Å²) in [4.78, 5) is 20.8. The average molecular weight is 743 g/mol. The van der Waals surface area contributed by atoms with E-state index < -0.39 is 11.9 Å². The molecule has 0 radical (unpaired) electrons. The minimum atomic E-state index is -0.656. The van der Waals surface area contributed by atoms with Gasteiger partial charge in [0.1, 0.15) is 0 Å². The molecule has 5 heteroatoms. The zero-order valence-electron chi connectivity index (χ0n) is 33.2. The Morgan fingerprint density at radius 2 is 0.510 bits per heavy atom. The van der Waals surface area contributed by atoms with Crippen molar-refractivity contribution in [3.8, 4) is 0 Å². The van der Waals surface area contributed by atoms with Gasteiger partial charge in [0.05, 0.1) is 0 Å². The standard InChI is InChI=1S/2C22H42O2.Zn/c2*1-2-3-4-5-6-7-8-9-10-11-12-13-14-15-16-17-18-19-20-21-22(23)24;/h2*9-10H,2-8,11-21H2,1H3,(H,23,24);/b2*10-9+;. The van der Waals surface area contributed by atoms with Crippen LogP contribution in [0.1, 0.15) is 245 Å². The van der Waals surface area contributed by atoms with Gasteiger partial charge in [-0.3, -0.25) is 9.59 Å². The summed E-state index contributed by atoms with van der Waals surface area (Å²) in [6.45, 7) is 4.54. The Balaban J connectivity index is -0.000000846. The molecule has 2 N–H and O–H groups in total. The van der Waals surface area contributed by atoms with Gasteiger partial charge in [0.25, 0.3) is 0 Å². The van der Waals surface area contributed by atoms with Gasteiger partial charge in [-0.15, -0.1) is 0 Å². The van der Waals surface area contributed by atoms with Crippen molar-refractivity contribution >= 4 is 11.9 Å². The number of hydrogen-bond donors (Lipinski definition) is 2. The van der Waals surface area contributed by atoms with Crippen LogP contribution in [0.25, 0.3) is 0 Å². The summed E-state index contributed by atoms with van der Waals surface area (Å²) < 4.78 is 0. The zero-order chi connectivity index (χ0) is 35.4. The summed E-state index contributed by atoms with van der Waals surface area (Å²) in [5.74, 6) is -1.31. The van der Waals surface area contributed by atoms with E-state index in [-0.39, 0.29) is 19.5 Å². The van der Waals surface area contributed by atoms with Crippen molar-refractivity contribution < 1.29 is 39.3 Å². The largest absolute Gasteiger partial charge is 0.481 e. The Morgan fingerprint density at radius 3 is 0.714 bits per heavy atom. The van der Waals surface area contributed by atoms with Crippen LogP contribution in [-0.2, 0) is 29.1 Å². The fourth-order valence-corrected chi connectivity index (χ4v) is 6.11. The van der Waals surface area contributed by atoms with Crippen molar-refractivity contribution in [2.75, 3.05) is 0 Å². The van der Waals surface area contributed by atoms with E-state index >= 15 is 0 Å². The maximum absolute atomic E-state index is 10.4. The summed E-state index contributed by atoms with van der Waals surface area (Å²) in [6.07, 6.45) is 54.2. The molecule has 0 aliphatic rings. The second-order valence-corrected chi connectivity index (χ2v) is 14.3. The Hall–Kier alpha value is -0.957. The number of carbonyl (C=O) groups is 2. The van der Waals surface area contributed by atoms with Gasteiger partial charge >= 0.3 is 11.9 Å². The summed E-state index contributed by atoms with van der Waals surface area (Å²) in [7, 11) is 0. The van der Waals surface area contributed by atoms with Gasteiger partial charge < -0.3 is 10.2 Å². The normalized spacial score (nSPS) is 11.1. The molecule has 0 amide bonds. The van der Waals surface area contributed by atoms with E-state index in [0.717, 1.165) is 25.7 Å². The second kappa shape index (κ2) is 49.2. The summed E-state index contributed by atoms with van der Waals surface area (Å²) >= 11 is 0. The van der Waals surface area contributed by atoms with Gasteiger partial charge in [0.2, 0.25) is 0 Å². The molecule has 0 aliphatic carbocycles. The number of carboxylic acid groups (broad SMARTS) is 2. The minimum Gasteiger partial charge on any atom is -0.481 e. The molecule has 0 atom stereocenters. The Bertz CT molecular complexity index is 632. The first kappa shape index (κ1) is 52.4. The van der Waals surface area contributed by atoms with E-state index in [9.17, 15) is 9.59 Å². The van der Waals surface area contributed by atoms with Crippen molar-refractivity contribution in [2.45, 2.75) is 245 Å². The molecule has 0 aromatic carbocycles. The smallest absolute Gasteiger partial charge is 0.303 e. The van der Waals surface area contributed by atoms with Gasteiger partial charge in [0.15, 0.2) is 0 Å². The van der Waals surface area contributed by atoms with Crippen molar-refractivity contribution in [3.05, 3.63) is 24.3 Å². The Kier molecular flexibility index (Phi) is 52.6. The molecule has 0 saturated carbocycles. The van der Waals surface area contributed by atoms with Crippen LogP contribution in [0.2, 0.25) is 0 Å². The van der Waals surface area contributed by atoms with E-state index in [1.807, 2.05) is 0 Å². The summed E-state index contributed by atoms with van der Waals surface area (Å²) in [5.41, 5.74) is 0. The van der Waals surface area contributed by atoms with Crippen LogP contribution in [0.3, 0.4) is 0 Å². The molecule has 0 unspecified atom stereocenters. The molecule has 4 nitrogen and oxygen atoms in total. The van der Waals surface area contributed by atoms with E-state index in [4.69, 9.17) is 10.2 Å². The van der Waals surface area contributed by atoms with Gasteiger partial charge in [-0.05, 0) is 64.2 Å². The third kappa shape index (κ3) is 56.7. The Morgan fingerprint density at radius 1 is 0.327 bits per heavy atom. The average Bonchev–Trinajstić information content (AvgIpc) is 3.07. The first-order chi connectivity index (χ1) is 23.5. The van der Waals surface area contributed by atoms with Crippen LogP contribution in [0.15, 0.2) is 24.3 Å². The first-order valence-electron chi connectivity index (χ1n) is 21.3. The third-order valence-electron chi connectivity index (χ3n) is 9.30. The van der Waals surface area contributed by atoms with Gasteiger partial charge in [-0.2, -0.15) is 0 Å². The van der Waals surface area contributed by atoms with Crippen LogP contribution < -0.4 is 0 Å². The van der Waals surface area contributed by atoms with E-state index in [1.54, 1.807) is 0 Å². The summed E-state index contributed by atoms with van der Waals surface area (Å²) in [6, 6.07) is 0. The second-order valence-electron chi connectivity index (χ2n) is 14.3. The van der Waals surface area contributed by atoms with Crippen molar-refractivity contribution in [2.24, 2.45) is 0 Å². The fourth-order valence-electron chi connectivity index (χ4n) is 6.11. The quantitative estimate of drug-likeness (QED) is 0.0375. The van der Waals surface area contributed by atoms with Gasteiger partial charge in [0, 0.05) is 32.3 Å². The van der Waals surface area contributed by atoms with Crippen LogP contribution in [0, 0.1) is 0 Å². The summed E-state index contributed by atoms with van der Waals surface area (Å²) in [5, 5.41) is 17.1. The number of carboxylic acids is 2. The molecular formula is C44H84O4Zn. The maximum atomic E-state index is 10.4. The molecule has 0 saturated heterocycles. The van der Waals surface area contributed by atoms with Crippen molar-refractivity contribution in [1.82, 2.24) is 0 Å². The molecule has 49 heavy (non-hydrogen) atoms. The number of unbranched alkanes of at least 4 members (excludes halogenated alkanes) is 30. The molecular weight excluding hydrogens is 658 g/mol. The molecule has 0 bridgehead atoms. The first-order valence-corrected chi connectivity index (χ1v) is 21.3. The molecule has 286 valence electrons. The zero-order valence-corrected chi connectivity index (χ0v) is 36.2. The molecule has 0 aromatic heterocycles. The topological polar surface area (TPSA) is 74.6 Å². The minimum absolute atomic E-state index is 0. The molecule has 0 spiro atoms.